The molecule has 0 heterocycles. The summed E-state index contributed by atoms with van der Waals surface area (Å²) >= 11 is -2.34. The molecule has 2 aromatic rings. The van der Waals surface area contributed by atoms with E-state index in [4.69, 9.17) is 6.03 Å². The first-order valence-electron chi connectivity index (χ1n) is 4.95. The number of hydrogen-bond acceptors (Lipinski definition) is 3. The summed E-state index contributed by atoms with van der Waals surface area (Å²) in [4.78, 5) is 0. The molecule has 88 valence electrons. The van der Waals surface area contributed by atoms with E-state index in [0.29, 0.717) is 11.5 Å². The molecule has 3 nitrogen and oxygen atoms in total. The molecule has 0 N–H and O–H groups in total. The van der Waals surface area contributed by atoms with Crippen molar-refractivity contribution in [2.75, 3.05) is 0 Å². The van der Waals surface area contributed by atoms with Crippen molar-refractivity contribution >= 4 is 34.1 Å². The third-order valence-electron chi connectivity index (χ3n) is 1.92. The van der Waals surface area contributed by atoms with Crippen LogP contribution in [0.1, 0.15) is 0 Å². The van der Waals surface area contributed by atoms with Crippen LogP contribution in [0.25, 0.3) is 0 Å². The van der Waals surface area contributed by atoms with Crippen LogP contribution in [0, 0.1) is 0 Å². The second kappa shape index (κ2) is 5.82. The number of rotatable bonds is 4. The van der Waals surface area contributed by atoms with E-state index in [9.17, 15) is 3.02 Å². The van der Waals surface area contributed by atoms with Crippen molar-refractivity contribution in [3.8, 4) is 11.5 Å². The van der Waals surface area contributed by atoms with E-state index in [2.05, 4.69) is 0 Å². The molecule has 0 amide bonds. The zero-order chi connectivity index (χ0) is 12.1. The molecule has 0 atom stereocenters. The first-order chi connectivity index (χ1) is 8.16. The Morgan fingerprint density at radius 1 is 0.765 bits per heavy atom. The molecular weight excluding hydrogens is 441 g/mol. The fraction of sp³-hybridized carbons (Fsp3) is 0. The van der Waals surface area contributed by atoms with E-state index in [-0.39, 0.29) is 0 Å². The molecule has 0 spiro atoms. The van der Waals surface area contributed by atoms with Gasteiger partial charge in [0, 0.05) is 0 Å². The standard InChI is InChI=1S/2C6H6O.HI.O.Sb/c2*7-6-4-2-1-3-5-6;;;/h2*1-5,7H;1H;;/q;;;;+3/p-3. The van der Waals surface area contributed by atoms with Crippen molar-refractivity contribution in [2.45, 2.75) is 0 Å². The Hall–Kier alpha value is -0.612. The summed E-state index contributed by atoms with van der Waals surface area (Å²) in [6.07, 6.45) is 0. The zero-order valence-electron chi connectivity index (χ0n) is 8.82. The van der Waals surface area contributed by atoms with Gasteiger partial charge in [-0.25, -0.2) is 0 Å². The third kappa shape index (κ3) is 4.28. The van der Waals surface area contributed by atoms with Crippen molar-refractivity contribution in [1.82, 2.24) is 0 Å². The van der Waals surface area contributed by atoms with Crippen molar-refractivity contribution in [2.24, 2.45) is 0 Å². The van der Waals surface area contributed by atoms with Gasteiger partial charge in [-0.15, -0.1) is 0 Å². The van der Waals surface area contributed by atoms with Crippen LogP contribution in [0.2, 0.25) is 0 Å². The van der Waals surface area contributed by atoms with Crippen LogP contribution in [0.15, 0.2) is 60.7 Å². The predicted octanol–water partition coefficient (Wildman–Crippen LogP) is 3.45. The van der Waals surface area contributed by atoms with Gasteiger partial charge in [-0.05, 0) is 0 Å². The minimum absolute atomic E-state index is 0.568. The van der Waals surface area contributed by atoms with Gasteiger partial charge in [0.05, 0.1) is 0 Å². The molecule has 0 saturated heterocycles. The molecule has 0 aliphatic heterocycles. The first kappa shape index (κ1) is 12.8. The average Bonchev–Trinajstić information content (AvgIpc) is 2.30. The summed E-state index contributed by atoms with van der Waals surface area (Å²) in [6.45, 7) is 0. The summed E-state index contributed by atoms with van der Waals surface area (Å²) in [5, 5.41) is 0. The number of hydrogen-bond donors (Lipinski definition) is 0. The molecule has 2 rings (SSSR count). The fourth-order valence-electron chi connectivity index (χ4n) is 1.23. The second-order valence-corrected chi connectivity index (χ2v) is 14.7. The normalized spacial score (nSPS) is 10.9. The maximum absolute atomic E-state index is 12.2. The van der Waals surface area contributed by atoms with Gasteiger partial charge in [-0.2, -0.15) is 0 Å². The van der Waals surface area contributed by atoms with Crippen LogP contribution < -0.4 is 6.03 Å². The van der Waals surface area contributed by atoms with Gasteiger partial charge in [-0.1, -0.05) is 0 Å². The molecule has 0 aliphatic rings. The monoisotopic (exact) mass is 450 g/mol. The van der Waals surface area contributed by atoms with E-state index in [1.54, 1.807) is 42.8 Å². The van der Waals surface area contributed by atoms with Gasteiger partial charge in [0.2, 0.25) is 0 Å². The number of halogens is 1. The molecule has 5 heteroatoms. The molecular formula is C12H10IO3Sb. The summed E-state index contributed by atoms with van der Waals surface area (Å²) < 4.78 is 23.0. The Bertz CT molecular complexity index is 470. The quantitative estimate of drug-likeness (QED) is 0.529. The Labute approximate surface area is 114 Å². The first-order valence-corrected chi connectivity index (χ1v) is 15.5. The fourth-order valence-corrected chi connectivity index (χ4v) is 6.52. The van der Waals surface area contributed by atoms with Gasteiger partial charge >= 0.3 is 115 Å². The van der Waals surface area contributed by atoms with Crippen molar-refractivity contribution in [3.05, 3.63) is 60.7 Å². The van der Waals surface area contributed by atoms with Crippen LogP contribution in [0.3, 0.4) is 0 Å². The summed E-state index contributed by atoms with van der Waals surface area (Å²) in [7, 11) is 0. The summed E-state index contributed by atoms with van der Waals surface area (Å²) in [6, 6.07) is 18.1. The van der Waals surface area contributed by atoms with Crippen molar-refractivity contribution in [3.63, 3.8) is 0 Å². The van der Waals surface area contributed by atoms with E-state index in [1.807, 2.05) is 36.4 Å². The second-order valence-electron chi connectivity index (χ2n) is 3.24. The molecule has 0 fully saturated rings. The Morgan fingerprint density at radius 3 is 1.47 bits per heavy atom. The van der Waals surface area contributed by atoms with Crippen LogP contribution in [-0.4, -0.2) is 15.6 Å². The van der Waals surface area contributed by atoms with Gasteiger partial charge in [0.15, 0.2) is 0 Å². The van der Waals surface area contributed by atoms with E-state index in [1.165, 1.54) is 0 Å². The van der Waals surface area contributed by atoms with Crippen LogP contribution in [0.5, 0.6) is 11.5 Å². The van der Waals surface area contributed by atoms with E-state index in [0.717, 1.165) is 0 Å². The topological polar surface area (TPSA) is 35.5 Å². The maximum atomic E-state index is 12.2. The summed E-state index contributed by atoms with van der Waals surface area (Å²) in [5.74, 6) is 1.14. The van der Waals surface area contributed by atoms with Gasteiger partial charge in [0.1, 0.15) is 0 Å². The van der Waals surface area contributed by atoms with Crippen molar-refractivity contribution in [1.29, 1.82) is 0 Å². The molecule has 0 radical (unpaired) electrons. The van der Waals surface area contributed by atoms with Crippen LogP contribution >= 0.6 is 18.5 Å². The predicted molar refractivity (Wildman–Crippen MR) is 74.6 cm³/mol. The molecule has 0 aromatic heterocycles. The molecule has 0 bridgehead atoms. The van der Waals surface area contributed by atoms with Gasteiger partial charge < -0.3 is 0 Å². The average molecular weight is 451 g/mol. The third-order valence-corrected chi connectivity index (χ3v) is 7.01. The van der Waals surface area contributed by atoms with Crippen LogP contribution in [0.4, 0.5) is 0 Å². The summed E-state index contributed by atoms with van der Waals surface area (Å²) in [5.41, 5.74) is 0. The van der Waals surface area contributed by atoms with Gasteiger partial charge in [0.25, 0.3) is 0 Å². The Balaban J connectivity index is 2.07. The molecule has 17 heavy (non-hydrogen) atoms. The SMILES string of the molecule is [O]=[Sb]([I])([O]c1ccccc1)[O]c1ccccc1. The molecule has 2 aromatic carbocycles. The minimum atomic E-state index is -4.12. The number of para-hydroxylation sites is 2. The molecule has 0 saturated carbocycles. The van der Waals surface area contributed by atoms with Crippen molar-refractivity contribution < 1.29 is 9.05 Å². The Kier molecular flexibility index (Phi) is 4.40. The Morgan fingerprint density at radius 2 is 1.12 bits per heavy atom. The molecule has 0 aliphatic carbocycles. The van der Waals surface area contributed by atoms with Gasteiger partial charge in [-0.3, -0.25) is 0 Å². The van der Waals surface area contributed by atoms with E-state index >= 15 is 0 Å². The van der Waals surface area contributed by atoms with E-state index < -0.39 is 15.6 Å². The number of benzene rings is 2. The molecule has 0 unspecified atom stereocenters. The van der Waals surface area contributed by atoms with Crippen LogP contribution in [-0.2, 0) is 3.02 Å². The zero-order valence-corrected chi connectivity index (χ0v) is 13.5.